The predicted molar refractivity (Wildman–Crippen MR) is 111 cm³/mol. The predicted octanol–water partition coefficient (Wildman–Crippen LogP) is 3.34. The number of aromatic nitrogens is 2. The van der Waals surface area contributed by atoms with Crippen molar-refractivity contribution in [3.8, 4) is 0 Å². The van der Waals surface area contributed by atoms with Crippen LogP contribution < -0.4 is 0 Å². The van der Waals surface area contributed by atoms with E-state index < -0.39 is 5.97 Å². The van der Waals surface area contributed by atoms with E-state index in [0.717, 1.165) is 5.56 Å². The molecule has 0 atom stereocenters. The number of ether oxygens (including phenoxy) is 1. The second-order valence-corrected chi connectivity index (χ2v) is 6.93. The molecule has 1 aromatic carbocycles. The van der Waals surface area contributed by atoms with Gasteiger partial charge in [0, 0.05) is 35.8 Å². The molecule has 0 aliphatic rings. The number of esters is 1. The summed E-state index contributed by atoms with van der Waals surface area (Å²) in [6.45, 7) is 3.51. The number of hydrogen-bond donors (Lipinski definition) is 1. The minimum absolute atomic E-state index is 0.136. The maximum atomic E-state index is 13.2. The first-order valence-electron chi connectivity index (χ1n) is 9.46. The summed E-state index contributed by atoms with van der Waals surface area (Å²) >= 11 is 0. The van der Waals surface area contributed by atoms with E-state index in [1.165, 1.54) is 12.0 Å². The summed E-state index contributed by atoms with van der Waals surface area (Å²) < 4.78 is 4.77. The first-order chi connectivity index (χ1) is 14.4. The number of nitrogens with zero attached hydrogens (tertiary/aromatic N) is 2. The van der Waals surface area contributed by atoms with Crippen molar-refractivity contribution in [2.24, 2.45) is 0 Å². The van der Waals surface area contributed by atoms with Gasteiger partial charge in [0.2, 0.25) is 0 Å². The molecule has 0 fully saturated rings. The highest BCUT2D eigenvalue weighted by Gasteiger charge is 2.26. The number of H-pyrrole nitrogens is 1. The van der Waals surface area contributed by atoms with Crippen LogP contribution in [0.4, 0.5) is 0 Å². The fourth-order valence-corrected chi connectivity index (χ4v) is 3.40. The molecular weight excluding hydrogens is 382 g/mol. The van der Waals surface area contributed by atoms with Crippen molar-refractivity contribution in [3.05, 3.63) is 88.5 Å². The summed E-state index contributed by atoms with van der Waals surface area (Å²) in [6, 6.07) is 12.4. The van der Waals surface area contributed by atoms with E-state index >= 15 is 0 Å². The van der Waals surface area contributed by atoms with Gasteiger partial charge in [-0.3, -0.25) is 14.6 Å². The Kier molecular flexibility index (Phi) is 6.41. The van der Waals surface area contributed by atoms with Gasteiger partial charge in [0.1, 0.15) is 5.69 Å². The van der Waals surface area contributed by atoms with Crippen molar-refractivity contribution >= 4 is 17.7 Å². The molecular formula is C23H23N3O4. The molecule has 0 aliphatic carbocycles. The van der Waals surface area contributed by atoms with Gasteiger partial charge in [-0.05, 0) is 43.2 Å². The molecule has 2 heterocycles. The van der Waals surface area contributed by atoms with E-state index in [1.807, 2.05) is 12.1 Å². The zero-order chi connectivity index (χ0) is 21.7. The second-order valence-electron chi connectivity index (χ2n) is 6.93. The first-order valence-corrected chi connectivity index (χ1v) is 9.46. The van der Waals surface area contributed by atoms with Crippen LogP contribution in [0.5, 0.6) is 0 Å². The van der Waals surface area contributed by atoms with Crippen molar-refractivity contribution in [2.45, 2.75) is 20.4 Å². The zero-order valence-electron chi connectivity index (χ0n) is 17.1. The Bertz CT molecular complexity index is 1060. The Hall–Kier alpha value is -3.74. The molecule has 0 saturated heterocycles. The van der Waals surface area contributed by atoms with Crippen LogP contribution in [0.15, 0.2) is 54.9 Å². The molecule has 30 heavy (non-hydrogen) atoms. The molecule has 0 spiro atoms. The molecule has 0 aliphatic heterocycles. The molecule has 154 valence electrons. The fourth-order valence-electron chi connectivity index (χ4n) is 3.40. The van der Waals surface area contributed by atoms with Gasteiger partial charge in [-0.1, -0.05) is 24.3 Å². The molecule has 0 radical (unpaired) electrons. The number of ketones is 1. The smallest absolute Gasteiger partial charge is 0.354 e. The Morgan fingerprint density at radius 3 is 2.43 bits per heavy atom. The number of amides is 1. The average molecular weight is 405 g/mol. The first kappa shape index (κ1) is 21.0. The van der Waals surface area contributed by atoms with Crippen LogP contribution in [-0.2, 0) is 11.3 Å². The SMILES string of the molecule is COC(=O)c1[nH]c(C)c(C(=O)CN(Cc2cccnc2)C(=O)c2ccccc2)c1C. The molecule has 7 heteroatoms. The fraction of sp³-hybridized carbons (Fsp3) is 0.217. The monoisotopic (exact) mass is 405 g/mol. The van der Waals surface area contributed by atoms with Crippen molar-refractivity contribution in [1.82, 2.24) is 14.9 Å². The number of methoxy groups -OCH3 is 1. The number of hydrogen-bond acceptors (Lipinski definition) is 5. The Balaban J connectivity index is 1.91. The van der Waals surface area contributed by atoms with Gasteiger partial charge in [0.05, 0.1) is 13.7 Å². The summed E-state index contributed by atoms with van der Waals surface area (Å²) in [5, 5.41) is 0. The van der Waals surface area contributed by atoms with E-state index in [4.69, 9.17) is 4.74 Å². The number of aryl methyl sites for hydroxylation is 1. The summed E-state index contributed by atoms with van der Waals surface area (Å²) in [4.78, 5) is 46.7. The van der Waals surface area contributed by atoms with E-state index in [1.54, 1.807) is 56.6 Å². The summed E-state index contributed by atoms with van der Waals surface area (Å²) in [6.07, 6.45) is 3.32. The van der Waals surface area contributed by atoms with Gasteiger partial charge >= 0.3 is 5.97 Å². The molecule has 1 amide bonds. The number of aromatic amines is 1. The van der Waals surface area contributed by atoms with Crippen LogP contribution in [0.1, 0.15) is 48.0 Å². The van der Waals surface area contributed by atoms with Gasteiger partial charge in [-0.25, -0.2) is 4.79 Å². The van der Waals surface area contributed by atoms with Crippen LogP contribution in [-0.4, -0.2) is 46.2 Å². The summed E-state index contributed by atoms with van der Waals surface area (Å²) in [5.41, 5.74) is 3.02. The third kappa shape index (κ3) is 4.46. The topological polar surface area (TPSA) is 92.4 Å². The van der Waals surface area contributed by atoms with Gasteiger partial charge in [0.25, 0.3) is 5.91 Å². The molecule has 0 saturated carbocycles. The average Bonchev–Trinajstić information content (AvgIpc) is 3.07. The van der Waals surface area contributed by atoms with Crippen LogP contribution in [0.3, 0.4) is 0 Å². The van der Waals surface area contributed by atoms with Crippen molar-refractivity contribution in [1.29, 1.82) is 0 Å². The Morgan fingerprint density at radius 2 is 1.80 bits per heavy atom. The molecule has 3 aromatic rings. The summed E-state index contributed by atoms with van der Waals surface area (Å²) in [5.74, 6) is -1.06. The van der Waals surface area contributed by atoms with Gasteiger partial charge < -0.3 is 14.6 Å². The van der Waals surface area contributed by atoms with Gasteiger partial charge in [-0.15, -0.1) is 0 Å². The maximum Gasteiger partial charge on any atom is 0.354 e. The minimum atomic E-state index is -0.540. The lowest BCUT2D eigenvalue weighted by Crippen LogP contribution is -2.35. The third-order valence-electron chi connectivity index (χ3n) is 4.84. The quantitative estimate of drug-likeness (QED) is 0.481. The van der Waals surface area contributed by atoms with E-state index in [0.29, 0.717) is 22.4 Å². The van der Waals surface area contributed by atoms with Crippen LogP contribution in [0.25, 0.3) is 0 Å². The molecule has 0 unspecified atom stereocenters. The Labute approximate surface area is 174 Å². The number of carbonyl (C=O) groups excluding carboxylic acids is 3. The highest BCUT2D eigenvalue weighted by Crippen LogP contribution is 2.20. The number of rotatable bonds is 7. The van der Waals surface area contributed by atoms with Gasteiger partial charge in [0.15, 0.2) is 5.78 Å². The lowest BCUT2D eigenvalue weighted by molar-refractivity contribution is 0.0593. The van der Waals surface area contributed by atoms with Crippen LogP contribution in [0, 0.1) is 13.8 Å². The zero-order valence-corrected chi connectivity index (χ0v) is 17.1. The minimum Gasteiger partial charge on any atom is -0.464 e. The van der Waals surface area contributed by atoms with Crippen molar-refractivity contribution in [2.75, 3.05) is 13.7 Å². The number of benzene rings is 1. The molecule has 3 rings (SSSR count). The Morgan fingerprint density at radius 1 is 1.07 bits per heavy atom. The molecule has 7 nitrogen and oxygen atoms in total. The third-order valence-corrected chi connectivity index (χ3v) is 4.84. The van der Waals surface area contributed by atoms with Crippen LogP contribution in [0.2, 0.25) is 0 Å². The lowest BCUT2D eigenvalue weighted by atomic mass is 10.0. The van der Waals surface area contributed by atoms with E-state index in [2.05, 4.69) is 9.97 Å². The van der Waals surface area contributed by atoms with Crippen LogP contribution >= 0.6 is 0 Å². The normalized spacial score (nSPS) is 10.5. The second kappa shape index (κ2) is 9.17. The summed E-state index contributed by atoms with van der Waals surface area (Å²) in [7, 11) is 1.29. The highest BCUT2D eigenvalue weighted by atomic mass is 16.5. The van der Waals surface area contributed by atoms with Crippen molar-refractivity contribution < 1.29 is 19.1 Å². The number of pyridine rings is 1. The van der Waals surface area contributed by atoms with Gasteiger partial charge in [-0.2, -0.15) is 0 Å². The van der Waals surface area contributed by atoms with Crippen molar-refractivity contribution in [3.63, 3.8) is 0 Å². The molecule has 0 bridgehead atoms. The number of nitrogens with one attached hydrogen (secondary N) is 1. The highest BCUT2D eigenvalue weighted by molar-refractivity contribution is 6.05. The largest absolute Gasteiger partial charge is 0.464 e. The maximum absolute atomic E-state index is 13.2. The molecule has 2 aromatic heterocycles. The lowest BCUT2D eigenvalue weighted by Gasteiger charge is -2.22. The number of Topliss-reactive ketones (excluding diaryl/α,β-unsaturated/α-hetero) is 1. The molecule has 1 N–H and O–H groups in total. The standard InChI is InChI=1S/C23H23N3O4/c1-15-20(16(2)25-21(15)23(29)30-3)19(27)14-26(13-17-8-7-11-24-12-17)22(28)18-9-5-4-6-10-18/h4-12,25H,13-14H2,1-3H3. The van der Waals surface area contributed by atoms with E-state index in [9.17, 15) is 14.4 Å². The van der Waals surface area contributed by atoms with E-state index in [-0.39, 0.29) is 30.5 Å². The number of carbonyl (C=O) groups is 3.